The lowest BCUT2D eigenvalue weighted by atomic mass is 10.2. The van der Waals surface area contributed by atoms with Gasteiger partial charge >= 0.3 is 0 Å². The first kappa shape index (κ1) is 13.4. The number of benzene rings is 1. The van der Waals surface area contributed by atoms with E-state index in [1.165, 1.54) is 10.6 Å². The number of aromatic amines is 1. The van der Waals surface area contributed by atoms with Gasteiger partial charge in [0.1, 0.15) is 0 Å². The summed E-state index contributed by atoms with van der Waals surface area (Å²) in [7, 11) is -3.29. The number of nitrogens with one attached hydrogen (secondary N) is 2. The number of anilines is 1. The van der Waals surface area contributed by atoms with Gasteiger partial charge in [-0.1, -0.05) is 0 Å². The van der Waals surface area contributed by atoms with Crippen molar-refractivity contribution in [3.05, 3.63) is 28.9 Å². The Balaban J connectivity index is 1.89. The minimum Gasteiger partial charge on any atom is -0.360 e. The summed E-state index contributed by atoms with van der Waals surface area (Å²) in [5, 5.41) is 4.13. The summed E-state index contributed by atoms with van der Waals surface area (Å²) in [6.45, 7) is 0.864. The maximum absolute atomic E-state index is 11.6. The molecule has 0 fully saturated rings. The third-order valence-electron chi connectivity index (χ3n) is 3.09. The van der Waals surface area contributed by atoms with E-state index in [-0.39, 0.29) is 0 Å². The second-order valence-corrected chi connectivity index (χ2v) is 7.32. The van der Waals surface area contributed by atoms with Gasteiger partial charge in [-0.05, 0) is 34.1 Å². The molecular weight excluding hydrogens is 344 g/mol. The summed E-state index contributed by atoms with van der Waals surface area (Å²) in [5.41, 5.74) is 1.76. The zero-order valence-corrected chi connectivity index (χ0v) is 13.1. The first-order chi connectivity index (χ1) is 9.45. The molecule has 0 atom stereocenters. The second-order valence-electron chi connectivity index (χ2n) is 4.56. The Morgan fingerprint density at radius 2 is 2.25 bits per heavy atom. The molecule has 2 N–H and O–H groups in total. The Hall–Kier alpha value is -1.54. The topological polar surface area (TPSA) is 77.6 Å². The largest absolute Gasteiger partial charge is 0.360 e. The molecule has 0 amide bonds. The molecule has 1 aliphatic rings. The lowest BCUT2D eigenvalue weighted by molar-refractivity contribution is 0.544. The van der Waals surface area contributed by atoms with E-state index in [4.69, 9.17) is 0 Å². The third-order valence-corrected chi connectivity index (χ3v) is 4.90. The highest BCUT2D eigenvalue weighted by molar-refractivity contribution is 9.10. The normalized spacial score (nSPS) is 15.7. The van der Waals surface area contributed by atoms with Gasteiger partial charge in [0.25, 0.3) is 0 Å². The molecule has 2 aromatic rings. The number of aromatic nitrogens is 1. The van der Waals surface area contributed by atoms with E-state index in [2.05, 4.69) is 31.2 Å². The zero-order chi connectivity index (χ0) is 14.3. The van der Waals surface area contributed by atoms with E-state index in [0.29, 0.717) is 19.0 Å². The summed E-state index contributed by atoms with van der Waals surface area (Å²) in [6.07, 6.45) is 3.05. The number of sulfonamides is 1. The van der Waals surface area contributed by atoms with Crippen molar-refractivity contribution in [2.45, 2.75) is 0 Å². The fourth-order valence-corrected chi connectivity index (χ4v) is 3.44. The Morgan fingerprint density at radius 1 is 1.45 bits per heavy atom. The number of aliphatic imine (C=N–C) groups is 1. The molecule has 0 saturated carbocycles. The van der Waals surface area contributed by atoms with E-state index in [1.54, 1.807) is 0 Å². The molecule has 1 aliphatic heterocycles. The van der Waals surface area contributed by atoms with Gasteiger partial charge in [-0.2, -0.15) is 0 Å². The van der Waals surface area contributed by atoms with Crippen LogP contribution in [-0.2, 0) is 10.0 Å². The maximum atomic E-state index is 11.6. The van der Waals surface area contributed by atoms with E-state index in [1.807, 2.05) is 24.4 Å². The molecule has 0 bridgehead atoms. The van der Waals surface area contributed by atoms with Gasteiger partial charge in [0.05, 0.1) is 19.3 Å². The second kappa shape index (κ2) is 4.78. The molecule has 8 heteroatoms. The van der Waals surface area contributed by atoms with Crippen molar-refractivity contribution in [1.29, 1.82) is 0 Å². The van der Waals surface area contributed by atoms with Crippen LogP contribution in [0.15, 0.2) is 33.9 Å². The van der Waals surface area contributed by atoms with E-state index in [9.17, 15) is 8.42 Å². The number of halogens is 1. The number of fused-ring (bicyclic) bond motifs is 1. The lowest BCUT2D eigenvalue weighted by Gasteiger charge is -2.18. The van der Waals surface area contributed by atoms with Crippen molar-refractivity contribution in [3.8, 4) is 0 Å². The van der Waals surface area contributed by atoms with Crippen molar-refractivity contribution in [3.63, 3.8) is 0 Å². The Kier molecular flexibility index (Phi) is 3.21. The summed E-state index contributed by atoms with van der Waals surface area (Å²) >= 11 is 3.45. The van der Waals surface area contributed by atoms with Crippen molar-refractivity contribution in [1.82, 2.24) is 9.29 Å². The monoisotopic (exact) mass is 356 g/mol. The molecule has 0 aliphatic carbocycles. The molecule has 106 valence electrons. The minimum atomic E-state index is -3.29. The first-order valence-electron chi connectivity index (χ1n) is 6.01. The molecule has 1 aromatic heterocycles. The molecule has 0 saturated heterocycles. The summed E-state index contributed by atoms with van der Waals surface area (Å²) in [4.78, 5) is 7.33. The predicted octanol–water partition coefficient (Wildman–Crippen LogP) is 1.97. The van der Waals surface area contributed by atoms with Crippen LogP contribution in [0.25, 0.3) is 10.9 Å². The van der Waals surface area contributed by atoms with Crippen LogP contribution in [0.4, 0.5) is 5.69 Å². The van der Waals surface area contributed by atoms with Crippen LogP contribution in [0.1, 0.15) is 0 Å². The quantitative estimate of drug-likeness (QED) is 0.863. The number of hydrogen-bond donors (Lipinski definition) is 2. The molecule has 0 spiro atoms. The summed E-state index contributed by atoms with van der Waals surface area (Å²) < 4.78 is 25.6. The predicted molar refractivity (Wildman–Crippen MR) is 83.5 cm³/mol. The molecule has 2 heterocycles. The number of nitrogens with zero attached hydrogens (tertiary/aromatic N) is 2. The van der Waals surface area contributed by atoms with Gasteiger partial charge < -0.3 is 10.3 Å². The van der Waals surface area contributed by atoms with Gasteiger partial charge in [0.2, 0.25) is 16.0 Å². The van der Waals surface area contributed by atoms with Crippen LogP contribution in [-0.4, -0.2) is 43.0 Å². The van der Waals surface area contributed by atoms with Gasteiger partial charge in [-0.3, -0.25) is 4.99 Å². The summed E-state index contributed by atoms with van der Waals surface area (Å²) in [6, 6.07) is 5.77. The van der Waals surface area contributed by atoms with Crippen LogP contribution < -0.4 is 5.32 Å². The Bertz CT molecular complexity index is 797. The van der Waals surface area contributed by atoms with Crippen LogP contribution in [0.3, 0.4) is 0 Å². The van der Waals surface area contributed by atoms with E-state index >= 15 is 0 Å². The maximum Gasteiger partial charge on any atom is 0.234 e. The number of H-pyrrole nitrogens is 1. The number of guanidine groups is 1. The Morgan fingerprint density at radius 3 is 3.00 bits per heavy atom. The first-order valence-corrected chi connectivity index (χ1v) is 8.65. The lowest BCUT2D eigenvalue weighted by Crippen LogP contribution is -2.37. The van der Waals surface area contributed by atoms with E-state index < -0.39 is 10.0 Å². The molecule has 0 unspecified atom stereocenters. The smallest absolute Gasteiger partial charge is 0.234 e. The molecule has 3 rings (SSSR count). The van der Waals surface area contributed by atoms with Crippen LogP contribution in [0.5, 0.6) is 0 Å². The standard InChI is InChI=1S/C12H13BrN4O2S/c1-20(18,19)17-5-4-14-12(17)16-8-2-3-9-10(13)7-15-11(9)6-8/h2-3,6-7,15H,4-5H2,1H3,(H,14,16). The van der Waals surface area contributed by atoms with Crippen molar-refractivity contribution in [2.75, 3.05) is 24.7 Å². The Labute approximate surface area is 125 Å². The third kappa shape index (κ3) is 2.40. The highest BCUT2D eigenvalue weighted by Crippen LogP contribution is 2.26. The highest BCUT2D eigenvalue weighted by Gasteiger charge is 2.25. The average Bonchev–Trinajstić information content (AvgIpc) is 2.96. The molecule has 20 heavy (non-hydrogen) atoms. The van der Waals surface area contributed by atoms with Crippen molar-refractivity contribution in [2.24, 2.45) is 4.99 Å². The van der Waals surface area contributed by atoms with Gasteiger partial charge in [0, 0.05) is 27.3 Å². The number of rotatable bonds is 2. The van der Waals surface area contributed by atoms with Crippen LogP contribution in [0, 0.1) is 0 Å². The number of hydrogen-bond acceptors (Lipinski definition) is 4. The van der Waals surface area contributed by atoms with Crippen molar-refractivity contribution < 1.29 is 8.42 Å². The molecule has 0 radical (unpaired) electrons. The SMILES string of the molecule is CS(=O)(=O)N1CCN=C1Nc1ccc2c(Br)c[nH]c2c1. The van der Waals surface area contributed by atoms with E-state index in [0.717, 1.165) is 21.1 Å². The molecular formula is C12H13BrN4O2S. The zero-order valence-electron chi connectivity index (χ0n) is 10.7. The highest BCUT2D eigenvalue weighted by atomic mass is 79.9. The van der Waals surface area contributed by atoms with Gasteiger partial charge in [-0.25, -0.2) is 12.7 Å². The summed E-state index contributed by atoms with van der Waals surface area (Å²) in [5.74, 6) is 0.373. The van der Waals surface area contributed by atoms with Gasteiger partial charge in [0.15, 0.2) is 0 Å². The molecule has 1 aromatic carbocycles. The van der Waals surface area contributed by atoms with Crippen LogP contribution >= 0.6 is 15.9 Å². The molecule has 6 nitrogen and oxygen atoms in total. The van der Waals surface area contributed by atoms with Crippen molar-refractivity contribution >= 4 is 48.5 Å². The van der Waals surface area contributed by atoms with Gasteiger partial charge in [-0.15, -0.1) is 0 Å². The fourth-order valence-electron chi connectivity index (χ4n) is 2.15. The van der Waals surface area contributed by atoms with Crippen LogP contribution in [0.2, 0.25) is 0 Å². The minimum absolute atomic E-state index is 0.373. The average molecular weight is 357 g/mol. The fraction of sp³-hybridized carbons (Fsp3) is 0.250.